The molecular formula is C32H46O5Si. The fraction of sp³-hybridized carbons (Fsp3) is 0.531. The first-order valence-electron chi connectivity index (χ1n) is 13.8. The minimum absolute atomic E-state index is 0.0284. The van der Waals surface area contributed by atoms with Crippen molar-refractivity contribution in [3.63, 3.8) is 0 Å². The minimum atomic E-state index is -2.73. The number of methoxy groups -OCH3 is 1. The highest BCUT2D eigenvalue weighted by Gasteiger charge is 2.53. The van der Waals surface area contributed by atoms with Crippen molar-refractivity contribution in [2.75, 3.05) is 20.3 Å². The lowest BCUT2D eigenvalue weighted by molar-refractivity contribution is -0.140. The van der Waals surface area contributed by atoms with Crippen LogP contribution in [0.4, 0.5) is 0 Å². The van der Waals surface area contributed by atoms with Gasteiger partial charge in [-0.2, -0.15) is 0 Å². The summed E-state index contributed by atoms with van der Waals surface area (Å²) in [6.45, 7) is 9.32. The van der Waals surface area contributed by atoms with E-state index in [1.165, 1.54) is 17.5 Å². The molecule has 38 heavy (non-hydrogen) atoms. The van der Waals surface area contributed by atoms with Gasteiger partial charge in [0.2, 0.25) is 0 Å². The molecule has 0 aliphatic heterocycles. The molecule has 0 radical (unpaired) electrons. The second-order valence-electron chi connectivity index (χ2n) is 12.0. The molecule has 3 rings (SSSR count). The quantitative estimate of drug-likeness (QED) is 0.175. The van der Waals surface area contributed by atoms with Crippen molar-refractivity contribution in [1.29, 1.82) is 0 Å². The zero-order chi connectivity index (χ0) is 27.8. The van der Waals surface area contributed by atoms with E-state index in [4.69, 9.17) is 9.16 Å². The number of esters is 1. The van der Waals surface area contributed by atoms with E-state index in [1.807, 2.05) is 12.1 Å². The minimum Gasteiger partial charge on any atom is -0.469 e. The number of rotatable bonds is 12. The SMILES string of the molecule is COC(=O)CCC/C=C\C[C@@H]1[C@@H](CO[Si](c2ccccc2)(c2ccccc2)C(C)(C)C)[C@H](O)C[C@]1(C)CO. The molecule has 0 amide bonds. The molecule has 1 aliphatic carbocycles. The van der Waals surface area contributed by atoms with Crippen LogP contribution in [-0.4, -0.2) is 50.9 Å². The van der Waals surface area contributed by atoms with Gasteiger partial charge in [-0.05, 0) is 52.4 Å². The number of aliphatic hydroxyl groups is 2. The Labute approximate surface area is 230 Å². The van der Waals surface area contributed by atoms with E-state index in [0.29, 0.717) is 19.4 Å². The van der Waals surface area contributed by atoms with Gasteiger partial charge in [-0.3, -0.25) is 4.79 Å². The van der Waals surface area contributed by atoms with E-state index in [0.717, 1.165) is 19.3 Å². The maximum atomic E-state index is 11.4. The van der Waals surface area contributed by atoms with Gasteiger partial charge < -0.3 is 19.4 Å². The molecule has 6 heteroatoms. The number of unbranched alkanes of at least 4 members (excludes halogenated alkanes) is 1. The summed E-state index contributed by atoms with van der Waals surface area (Å²) in [7, 11) is -1.32. The first-order valence-corrected chi connectivity index (χ1v) is 15.8. The van der Waals surface area contributed by atoms with Crippen molar-refractivity contribution in [2.45, 2.75) is 70.9 Å². The molecule has 1 saturated carbocycles. The fourth-order valence-electron chi connectivity index (χ4n) is 6.24. The largest absolute Gasteiger partial charge is 0.469 e. The van der Waals surface area contributed by atoms with Gasteiger partial charge in [-0.25, -0.2) is 0 Å². The van der Waals surface area contributed by atoms with E-state index < -0.39 is 14.4 Å². The van der Waals surface area contributed by atoms with Crippen LogP contribution in [0, 0.1) is 17.3 Å². The van der Waals surface area contributed by atoms with Crippen molar-refractivity contribution in [2.24, 2.45) is 17.3 Å². The molecule has 0 unspecified atom stereocenters. The van der Waals surface area contributed by atoms with Crippen LogP contribution in [0.25, 0.3) is 0 Å². The lowest BCUT2D eigenvalue weighted by atomic mass is 9.75. The monoisotopic (exact) mass is 538 g/mol. The lowest BCUT2D eigenvalue weighted by Crippen LogP contribution is -2.67. The molecule has 0 spiro atoms. The maximum Gasteiger partial charge on any atom is 0.305 e. The molecule has 0 bridgehead atoms. The number of aliphatic hydroxyl groups excluding tert-OH is 2. The molecule has 2 N–H and O–H groups in total. The average Bonchev–Trinajstić information content (AvgIpc) is 3.15. The average molecular weight is 539 g/mol. The highest BCUT2D eigenvalue weighted by molar-refractivity contribution is 6.99. The van der Waals surface area contributed by atoms with E-state index in [9.17, 15) is 15.0 Å². The zero-order valence-corrected chi connectivity index (χ0v) is 24.7. The highest BCUT2D eigenvalue weighted by atomic mass is 28.4. The van der Waals surface area contributed by atoms with Gasteiger partial charge in [0, 0.05) is 25.6 Å². The maximum absolute atomic E-state index is 11.4. The Bertz CT molecular complexity index is 993. The van der Waals surface area contributed by atoms with E-state index >= 15 is 0 Å². The molecule has 2 aromatic rings. The Kier molecular flexibility index (Phi) is 10.5. The Morgan fingerprint density at radius 2 is 1.63 bits per heavy atom. The highest BCUT2D eigenvalue weighted by Crippen LogP contribution is 2.49. The number of benzene rings is 2. The third-order valence-corrected chi connectivity index (χ3v) is 13.4. The summed E-state index contributed by atoms with van der Waals surface area (Å²) in [6, 6.07) is 21.1. The second-order valence-corrected chi connectivity index (χ2v) is 16.3. The van der Waals surface area contributed by atoms with Crippen LogP contribution in [-0.2, 0) is 14.0 Å². The Morgan fingerprint density at radius 3 is 2.13 bits per heavy atom. The third kappa shape index (κ3) is 6.65. The third-order valence-electron chi connectivity index (χ3n) is 8.39. The van der Waals surface area contributed by atoms with E-state index in [1.54, 1.807) is 0 Å². The molecular weight excluding hydrogens is 492 g/mol. The predicted octanol–water partition coefficient (Wildman–Crippen LogP) is 4.85. The molecule has 0 heterocycles. The molecule has 1 aliphatic rings. The smallest absolute Gasteiger partial charge is 0.305 e. The van der Waals surface area contributed by atoms with Crippen molar-refractivity contribution >= 4 is 24.7 Å². The number of carbonyl (C=O) groups excluding carboxylic acids is 1. The van der Waals surface area contributed by atoms with Gasteiger partial charge >= 0.3 is 5.97 Å². The second kappa shape index (κ2) is 13.2. The molecule has 208 valence electrons. The molecule has 0 saturated heterocycles. The zero-order valence-electron chi connectivity index (χ0n) is 23.7. The molecule has 4 atom stereocenters. The molecule has 5 nitrogen and oxygen atoms in total. The van der Waals surface area contributed by atoms with Crippen molar-refractivity contribution in [1.82, 2.24) is 0 Å². The normalized spacial score (nSPS) is 24.1. The summed E-state index contributed by atoms with van der Waals surface area (Å²) in [6.07, 6.45) is 6.96. The van der Waals surface area contributed by atoms with Crippen LogP contribution >= 0.6 is 0 Å². The summed E-state index contributed by atoms with van der Waals surface area (Å²) in [5, 5.41) is 23.9. The van der Waals surface area contributed by atoms with Gasteiger partial charge in [0.15, 0.2) is 0 Å². The van der Waals surface area contributed by atoms with E-state index in [2.05, 4.69) is 88.4 Å². The Morgan fingerprint density at radius 1 is 1.05 bits per heavy atom. The molecule has 1 fully saturated rings. The summed E-state index contributed by atoms with van der Waals surface area (Å²) in [5.74, 6) is -0.197. The topological polar surface area (TPSA) is 76.0 Å². The number of allylic oxidation sites excluding steroid dienone is 2. The number of ether oxygens (including phenoxy) is 1. The summed E-state index contributed by atoms with van der Waals surface area (Å²) >= 11 is 0. The number of hydrogen-bond donors (Lipinski definition) is 2. The standard InChI is InChI=1S/C32H46O5Si/c1-31(2,3)38(25-16-10-8-11-17-25,26-18-12-9-13-19-26)37-23-27-28(32(4,24-33)22-29(27)34)20-14-6-7-15-21-30(35)36-5/h6,8-14,16-19,27-29,33-34H,7,15,20-24H2,1-5H3/b14-6-/t27-,28-,29-,32-/m1/s1. The summed E-state index contributed by atoms with van der Waals surface area (Å²) in [5.41, 5.74) is -0.380. The lowest BCUT2D eigenvalue weighted by Gasteiger charge is -2.44. The van der Waals surface area contributed by atoms with Crippen molar-refractivity contribution in [3.05, 3.63) is 72.8 Å². The van der Waals surface area contributed by atoms with Crippen LogP contribution < -0.4 is 10.4 Å². The van der Waals surface area contributed by atoms with Gasteiger partial charge in [-0.1, -0.05) is 101 Å². The van der Waals surface area contributed by atoms with Crippen molar-refractivity contribution < 1.29 is 24.2 Å². The first kappa shape index (κ1) is 30.3. The first-order chi connectivity index (χ1) is 18.1. The van der Waals surface area contributed by atoms with Crippen LogP contribution in [0.15, 0.2) is 72.8 Å². The van der Waals surface area contributed by atoms with Crippen LogP contribution in [0.1, 0.15) is 59.8 Å². The van der Waals surface area contributed by atoms with E-state index in [-0.39, 0.29) is 34.9 Å². The fourth-order valence-corrected chi connectivity index (χ4v) is 10.8. The predicted molar refractivity (Wildman–Crippen MR) is 156 cm³/mol. The molecule has 0 aromatic heterocycles. The Hall–Kier alpha value is -2.25. The number of carbonyl (C=O) groups is 1. The molecule has 2 aromatic carbocycles. The van der Waals surface area contributed by atoms with Gasteiger partial charge in [0.1, 0.15) is 0 Å². The van der Waals surface area contributed by atoms with Crippen LogP contribution in [0.2, 0.25) is 5.04 Å². The van der Waals surface area contributed by atoms with Crippen LogP contribution in [0.5, 0.6) is 0 Å². The van der Waals surface area contributed by atoms with Gasteiger partial charge in [0.25, 0.3) is 8.32 Å². The van der Waals surface area contributed by atoms with Crippen molar-refractivity contribution in [3.8, 4) is 0 Å². The Balaban J connectivity index is 1.87. The summed E-state index contributed by atoms with van der Waals surface area (Å²) < 4.78 is 11.9. The van der Waals surface area contributed by atoms with Gasteiger partial charge in [0.05, 0.1) is 13.2 Å². The van der Waals surface area contributed by atoms with Crippen LogP contribution in [0.3, 0.4) is 0 Å². The summed E-state index contributed by atoms with van der Waals surface area (Å²) in [4.78, 5) is 11.4. The van der Waals surface area contributed by atoms with Gasteiger partial charge in [-0.15, -0.1) is 0 Å². The number of hydrogen-bond acceptors (Lipinski definition) is 5.